The summed E-state index contributed by atoms with van der Waals surface area (Å²) in [4.78, 5) is 9.58. The van der Waals surface area contributed by atoms with Gasteiger partial charge in [0.1, 0.15) is 10.1 Å². The molecule has 0 aromatic heterocycles. The molecule has 0 spiro atoms. The fourth-order valence-electron chi connectivity index (χ4n) is 0.822. The van der Waals surface area contributed by atoms with Crippen molar-refractivity contribution >= 4 is 27.7 Å². The van der Waals surface area contributed by atoms with Gasteiger partial charge in [-0.2, -0.15) is 0 Å². The third-order valence-corrected chi connectivity index (χ3v) is 2.75. The van der Waals surface area contributed by atoms with Crippen LogP contribution >= 0.6 is 11.6 Å². The summed E-state index contributed by atoms with van der Waals surface area (Å²) in [6.07, 6.45) is 0. The molecule has 9 heteroatoms. The van der Waals surface area contributed by atoms with E-state index >= 15 is 0 Å². The van der Waals surface area contributed by atoms with Gasteiger partial charge in [0.15, 0.2) is 0 Å². The number of carbonyl (C=O) groups excluding carboxylic acids is 1. The van der Waals surface area contributed by atoms with Crippen LogP contribution in [0.1, 0.15) is 10.4 Å². The molecule has 0 saturated carbocycles. The predicted octanol–water partition coefficient (Wildman–Crippen LogP) is -6.38. The van der Waals surface area contributed by atoms with E-state index in [1.165, 1.54) is 0 Å². The van der Waals surface area contributed by atoms with Crippen LogP contribution in [0.15, 0.2) is 23.1 Å². The summed E-state index contributed by atoms with van der Waals surface area (Å²) in [5.41, 5.74) is -0.413. The molecule has 0 aliphatic rings. The van der Waals surface area contributed by atoms with Gasteiger partial charge in [-0.1, -0.05) is 17.7 Å². The number of benzene rings is 1. The summed E-state index contributed by atoms with van der Waals surface area (Å²) in [6.45, 7) is 0. The molecule has 0 saturated heterocycles. The van der Waals surface area contributed by atoms with E-state index in [9.17, 15) is 22.9 Å². The first-order chi connectivity index (χ1) is 6.32. The Bertz CT molecular complexity index is 488. The molecule has 0 N–H and O–H groups in total. The third-order valence-electron chi connectivity index (χ3n) is 1.44. The van der Waals surface area contributed by atoms with E-state index in [0.29, 0.717) is 6.07 Å². The molecule has 0 aliphatic carbocycles. The zero-order chi connectivity index (χ0) is 10.9. The van der Waals surface area contributed by atoms with Crippen molar-refractivity contribution in [3.8, 4) is 0 Å². The second-order valence-electron chi connectivity index (χ2n) is 2.39. The molecule has 0 aliphatic heterocycles. The first-order valence-corrected chi connectivity index (χ1v) is 5.08. The van der Waals surface area contributed by atoms with E-state index in [2.05, 4.69) is 0 Å². The minimum absolute atomic E-state index is 0. The van der Waals surface area contributed by atoms with Gasteiger partial charge in [-0.05, 0) is 17.7 Å². The summed E-state index contributed by atoms with van der Waals surface area (Å²) in [6, 6.07) is 2.73. The Balaban J connectivity index is 0. The van der Waals surface area contributed by atoms with Crippen LogP contribution in [0.4, 0.5) is 0 Å². The molecule has 0 unspecified atom stereocenters. The van der Waals surface area contributed by atoms with Gasteiger partial charge in [-0.3, -0.25) is 0 Å². The normalized spacial score (nSPS) is 9.88. The number of aromatic carboxylic acids is 1. The second-order valence-corrected chi connectivity index (χ2v) is 4.14. The molecule has 0 amide bonds. The Labute approximate surface area is 142 Å². The number of hydrogen-bond donors (Lipinski definition) is 0. The van der Waals surface area contributed by atoms with Crippen molar-refractivity contribution in [1.82, 2.24) is 0 Å². The van der Waals surface area contributed by atoms with Gasteiger partial charge < -0.3 is 14.5 Å². The van der Waals surface area contributed by atoms with Crippen LogP contribution in [0.3, 0.4) is 0 Å². The van der Waals surface area contributed by atoms with E-state index in [1.807, 2.05) is 0 Å². The molecule has 5 nitrogen and oxygen atoms in total. The van der Waals surface area contributed by atoms with Crippen molar-refractivity contribution in [3.05, 3.63) is 28.8 Å². The van der Waals surface area contributed by atoms with E-state index in [4.69, 9.17) is 11.6 Å². The molecular formula is C7H3ClNa2O5S. The van der Waals surface area contributed by atoms with E-state index in [-0.39, 0.29) is 64.1 Å². The smallest absolute Gasteiger partial charge is 0.744 e. The van der Waals surface area contributed by atoms with Crippen molar-refractivity contribution in [2.75, 3.05) is 0 Å². The van der Waals surface area contributed by atoms with Crippen molar-refractivity contribution in [2.45, 2.75) is 4.90 Å². The van der Waals surface area contributed by atoms with Gasteiger partial charge in [-0.15, -0.1) is 0 Å². The number of carbonyl (C=O) groups is 1. The average Bonchev–Trinajstić information content (AvgIpc) is 2.02. The van der Waals surface area contributed by atoms with Gasteiger partial charge >= 0.3 is 59.1 Å². The van der Waals surface area contributed by atoms with Crippen LogP contribution in [-0.2, 0) is 10.1 Å². The zero-order valence-corrected chi connectivity index (χ0v) is 14.1. The minimum Gasteiger partial charge on any atom is -0.744 e. The maximum Gasteiger partial charge on any atom is 1.00 e. The van der Waals surface area contributed by atoms with Crippen LogP contribution in [0.2, 0.25) is 5.02 Å². The topological polar surface area (TPSA) is 97.3 Å². The second kappa shape index (κ2) is 7.35. The molecule has 0 radical (unpaired) electrons. The number of carboxylic acid groups (broad SMARTS) is 1. The van der Waals surface area contributed by atoms with Crippen LogP contribution in [0.25, 0.3) is 0 Å². The molecular weight excluding hydrogens is 278 g/mol. The maximum atomic E-state index is 10.6. The fourth-order valence-corrected chi connectivity index (χ4v) is 1.80. The first-order valence-electron chi connectivity index (χ1n) is 3.29. The van der Waals surface area contributed by atoms with E-state index < -0.39 is 26.5 Å². The molecule has 0 heterocycles. The van der Waals surface area contributed by atoms with Gasteiger partial charge in [-0.25, -0.2) is 8.42 Å². The summed E-state index contributed by atoms with van der Waals surface area (Å²) in [5.74, 6) is -1.58. The Morgan fingerprint density at radius 2 is 1.75 bits per heavy atom. The number of hydrogen-bond acceptors (Lipinski definition) is 5. The van der Waals surface area contributed by atoms with Gasteiger partial charge in [0.05, 0.1) is 15.9 Å². The van der Waals surface area contributed by atoms with E-state index in [0.717, 1.165) is 12.1 Å². The monoisotopic (exact) mass is 280 g/mol. The number of rotatable bonds is 2. The van der Waals surface area contributed by atoms with Gasteiger partial charge in [0.2, 0.25) is 0 Å². The Morgan fingerprint density at radius 1 is 1.25 bits per heavy atom. The van der Waals surface area contributed by atoms with Gasteiger partial charge in [0, 0.05) is 0 Å². The molecule has 1 aromatic carbocycles. The Hall–Kier alpha value is 0.890. The average molecular weight is 281 g/mol. The largest absolute Gasteiger partial charge is 1.00 e. The first kappa shape index (κ1) is 19.2. The summed E-state index contributed by atoms with van der Waals surface area (Å²) in [5, 5.41) is 10.0. The standard InChI is InChI=1S/C7H5ClO5S.2Na/c8-5-2-1-4(7(9)10)3-6(5)14(11,12)13;;/h1-3H,(H,9,10)(H,11,12,13);;/q;2*+1/p-2. The Kier molecular flexibility index (Phi) is 8.84. The molecule has 1 aromatic rings. The van der Waals surface area contributed by atoms with Crippen molar-refractivity contribution in [3.63, 3.8) is 0 Å². The molecule has 0 fully saturated rings. The molecule has 76 valence electrons. The number of halogens is 1. The zero-order valence-electron chi connectivity index (χ0n) is 8.56. The van der Waals surface area contributed by atoms with Crippen LogP contribution in [0, 0.1) is 0 Å². The van der Waals surface area contributed by atoms with Crippen LogP contribution in [0.5, 0.6) is 0 Å². The Morgan fingerprint density at radius 3 is 2.12 bits per heavy atom. The molecule has 0 bridgehead atoms. The fraction of sp³-hybridized carbons (Fsp3) is 0. The van der Waals surface area contributed by atoms with Crippen molar-refractivity contribution in [2.24, 2.45) is 0 Å². The van der Waals surface area contributed by atoms with Crippen molar-refractivity contribution < 1.29 is 82.0 Å². The molecule has 0 atom stereocenters. The summed E-state index contributed by atoms with van der Waals surface area (Å²) >= 11 is 5.39. The van der Waals surface area contributed by atoms with Crippen LogP contribution in [-0.4, -0.2) is 18.9 Å². The van der Waals surface area contributed by atoms with Gasteiger partial charge in [0.25, 0.3) is 0 Å². The maximum absolute atomic E-state index is 10.6. The van der Waals surface area contributed by atoms with E-state index in [1.54, 1.807) is 0 Å². The summed E-state index contributed by atoms with van der Waals surface area (Å²) in [7, 11) is -4.76. The van der Waals surface area contributed by atoms with Crippen molar-refractivity contribution in [1.29, 1.82) is 0 Å². The molecule has 1 rings (SSSR count). The third kappa shape index (κ3) is 5.03. The number of carboxylic acids is 1. The minimum atomic E-state index is -4.76. The SMILES string of the molecule is O=C([O-])c1ccc(Cl)c(S(=O)(=O)[O-])c1.[Na+].[Na+]. The summed E-state index contributed by atoms with van der Waals surface area (Å²) < 4.78 is 31.7. The quantitative estimate of drug-likeness (QED) is 0.396. The molecule has 16 heavy (non-hydrogen) atoms. The predicted molar refractivity (Wildman–Crippen MR) is 43.7 cm³/mol. The van der Waals surface area contributed by atoms with Crippen LogP contribution < -0.4 is 64.2 Å².